The number of nitrogens with zero attached hydrogens (tertiary/aromatic N) is 5. The summed E-state index contributed by atoms with van der Waals surface area (Å²) in [6.07, 6.45) is 5.78. The second-order valence-corrected chi connectivity index (χ2v) is 11.7. The van der Waals surface area contributed by atoms with Crippen LogP contribution in [-0.4, -0.2) is 75.5 Å². The molecular formula is C36H35N7O4. The fourth-order valence-electron chi connectivity index (χ4n) is 5.53. The Morgan fingerprint density at radius 1 is 0.915 bits per heavy atom. The summed E-state index contributed by atoms with van der Waals surface area (Å²) in [7, 11) is 5.24. The van der Waals surface area contributed by atoms with Gasteiger partial charge in [-0.05, 0) is 60.5 Å². The lowest BCUT2D eigenvalue weighted by molar-refractivity contribution is 0.0782. The van der Waals surface area contributed by atoms with E-state index >= 15 is 0 Å². The van der Waals surface area contributed by atoms with Crippen molar-refractivity contribution in [2.45, 2.75) is 12.5 Å². The van der Waals surface area contributed by atoms with Crippen LogP contribution in [0.25, 0.3) is 22.3 Å². The number of carbonyl (C=O) groups excluding carboxylic acids is 3. The van der Waals surface area contributed by atoms with Gasteiger partial charge in [0.1, 0.15) is 17.3 Å². The lowest BCUT2D eigenvalue weighted by atomic mass is 10.0. The SMILES string of the molecule is CN(C)C(=O)c1ccc(Oc2ccccc2-c2ccc(C(=O)N3CC[C@@H](NC(=O)c4cc(-c5cnn(C)c5)cnc4N)C3)cc2)cc1. The number of nitrogens with two attached hydrogens (primary N) is 1. The van der Waals surface area contributed by atoms with Crippen LogP contribution in [-0.2, 0) is 7.05 Å². The number of carbonyl (C=O) groups is 3. The van der Waals surface area contributed by atoms with Crippen molar-refractivity contribution in [3.05, 3.63) is 114 Å². The average Bonchev–Trinajstić information content (AvgIpc) is 3.74. The summed E-state index contributed by atoms with van der Waals surface area (Å²) in [6, 6.07) is 23.6. The van der Waals surface area contributed by atoms with Crippen molar-refractivity contribution in [1.82, 2.24) is 29.9 Å². The number of para-hydroxylation sites is 1. The molecule has 47 heavy (non-hydrogen) atoms. The van der Waals surface area contributed by atoms with Gasteiger partial charge in [0.2, 0.25) is 0 Å². The van der Waals surface area contributed by atoms with E-state index in [-0.39, 0.29) is 35.1 Å². The number of anilines is 1. The molecule has 0 spiro atoms. The highest BCUT2D eigenvalue weighted by atomic mass is 16.5. The molecule has 11 nitrogen and oxygen atoms in total. The van der Waals surface area contributed by atoms with Gasteiger partial charge in [-0.3, -0.25) is 19.1 Å². The number of nitrogen functional groups attached to an aromatic ring is 1. The molecule has 0 bridgehead atoms. The van der Waals surface area contributed by atoms with Gasteiger partial charge < -0.3 is 25.6 Å². The fourth-order valence-corrected chi connectivity index (χ4v) is 5.53. The Labute approximate surface area is 272 Å². The zero-order chi connectivity index (χ0) is 33.1. The van der Waals surface area contributed by atoms with Gasteiger partial charge in [0.25, 0.3) is 17.7 Å². The number of likely N-dealkylation sites (tertiary alicyclic amines) is 1. The molecular weight excluding hydrogens is 594 g/mol. The zero-order valence-electron chi connectivity index (χ0n) is 26.4. The predicted octanol–water partition coefficient (Wildman–Crippen LogP) is 4.87. The van der Waals surface area contributed by atoms with E-state index in [1.54, 1.807) is 78.5 Å². The van der Waals surface area contributed by atoms with Gasteiger partial charge in [-0.15, -0.1) is 0 Å². The summed E-state index contributed by atoms with van der Waals surface area (Å²) in [4.78, 5) is 46.3. The molecule has 5 aromatic rings. The molecule has 0 aliphatic carbocycles. The van der Waals surface area contributed by atoms with Crippen LogP contribution >= 0.6 is 0 Å². The quantitative estimate of drug-likeness (QED) is 0.250. The lowest BCUT2D eigenvalue weighted by Crippen LogP contribution is -2.38. The number of aryl methyl sites for hydroxylation is 1. The molecule has 1 aliphatic heterocycles. The van der Waals surface area contributed by atoms with E-state index in [0.717, 1.165) is 22.3 Å². The van der Waals surface area contributed by atoms with E-state index in [0.29, 0.717) is 42.1 Å². The number of aromatic nitrogens is 3. The summed E-state index contributed by atoms with van der Waals surface area (Å²) in [5, 5.41) is 7.20. The Bertz CT molecular complexity index is 1930. The molecule has 0 radical (unpaired) electrons. The largest absolute Gasteiger partial charge is 0.457 e. The van der Waals surface area contributed by atoms with E-state index < -0.39 is 0 Å². The van der Waals surface area contributed by atoms with E-state index in [9.17, 15) is 14.4 Å². The minimum atomic E-state index is -0.330. The minimum absolute atomic E-state index is 0.0773. The third kappa shape index (κ3) is 6.84. The van der Waals surface area contributed by atoms with Crippen LogP contribution in [0.5, 0.6) is 11.5 Å². The first-order chi connectivity index (χ1) is 22.7. The monoisotopic (exact) mass is 629 g/mol. The molecule has 2 aromatic heterocycles. The summed E-state index contributed by atoms with van der Waals surface area (Å²) < 4.78 is 7.86. The molecule has 11 heteroatoms. The van der Waals surface area contributed by atoms with Crippen molar-refractivity contribution >= 4 is 23.5 Å². The number of nitrogens with one attached hydrogen (secondary N) is 1. The highest BCUT2D eigenvalue weighted by molar-refractivity contribution is 6.00. The van der Waals surface area contributed by atoms with Crippen molar-refractivity contribution in [3.63, 3.8) is 0 Å². The van der Waals surface area contributed by atoms with E-state index in [2.05, 4.69) is 15.4 Å². The Hall–Kier alpha value is -5.97. The highest BCUT2D eigenvalue weighted by Crippen LogP contribution is 2.34. The van der Waals surface area contributed by atoms with Crippen molar-refractivity contribution in [2.75, 3.05) is 32.9 Å². The number of benzene rings is 3. The number of pyridine rings is 1. The van der Waals surface area contributed by atoms with Crippen LogP contribution in [0, 0.1) is 0 Å². The number of hydrogen-bond acceptors (Lipinski definition) is 7. The molecule has 6 rings (SSSR count). The minimum Gasteiger partial charge on any atom is -0.457 e. The summed E-state index contributed by atoms with van der Waals surface area (Å²) in [5.41, 5.74) is 10.8. The number of ether oxygens (including phenoxy) is 1. The van der Waals surface area contributed by atoms with E-state index in [1.807, 2.05) is 49.6 Å². The predicted molar refractivity (Wildman–Crippen MR) is 179 cm³/mol. The van der Waals surface area contributed by atoms with Gasteiger partial charge in [0, 0.05) is 80.5 Å². The Morgan fingerprint density at radius 2 is 1.64 bits per heavy atom. The van der Waals surface area contributed by atoms with Crippen molar-refractivity contribution in [1.29, 1.82) is 0 Å². The van der Waals surface area contributed by atoms with Crippen LogP contribution in [0.2, 0.25) is 0 Å². The lowest BCUT2D eigenvalue weighted by Gasteiger charge is -2.18. The summed E-state index contributed by atoms with van der Waals surface area (Å²) in [5.74, 6) is 0.885. The molecule has 3 amide bonds. The van der Waals surface area contributed by atoms with Gasteiger partial charge in [0.05, 0.1) is 11.8 Å². The molecule has 1 atom stereocenters. The molecule has 3 aromatic carbocycles. The van der Waals surface area contributed by atoms with Crippen LogP contribution in [0.15, 0.2) is 97.5 Å². The molecule has 0 saturated carbocycles. The first-order valence-corrected chi connectivity index (χ1v) is 15.2. The van der Waals surface area contributed by atoms with Crippen LogP contribution in [0.4, 0.5) is 5.82 Å². The van der Waals surface area contributed by atoms with Gasteiger partial charge in [-0.2, -0.15) is 5.10 Å². The topological polar surface area (TPSA) is 136 Å². The molecule has 3 heterocycles. The van der Waals surface area contributed by atoms with Crippen LogP contribution in [0.3, 0.4) is 0 Å². The Balaban J connectivity index is 1.09. The second kappa shape index (κ2) is 13.2. The molecule has 0 unspecified atom stereocenters. The third-order valence-electron chi connectivity index (χ3n) is 8.08. The van der Waals surface area contributed by atoms with E-state index in [1.165, 1.54) is 4.90 Å². The van der Waals surface area contributed by atoms with Gasteiger partial charge >= 0.3 is 0 Å². The Morgan fingerprint density at radius 3 is 2.34 bits per heavy atom. The zero-order valence-corrected chi connectivity index (χ0v) is 26.4. The first kappa shape index (κ1) is 31.0. The standard InChI is InChI=1S/C36H35N7O4/c1-41(2)35(45)24-12-14-29(15-13-24)47-32-7-5-4-6-30(32)23-8-10-25(11-9-23)36(46)43-17-16-28(22-43)40-34(44)31-18-26(19-38-33(31)37)27-20-39-42(3)21-27/h4-15,18-21,28H,16-17,22H2,1-3H3,(H2,37,38)(H,40,44)/t28-/m1/s1. The van der Waals surface area contributed by atoms with Crippen molar-refractivity contribution < 1.29 is 19.1 Å². The molecule has 1 aliphatic rings. The molecule has 1 fully saturated rings. The maximum Gasteiger partial charge on any atom is 0.255 e. The maximum absolute atomic E-state index is 13.4. The normalized spacial score (nSPS) is 14.1. The van der Waals surface area contributed by atoms with Gasteiger partial charge in [-0.25, -0.2) is 4.98 Å². The van der Waals surface area contributed by atoms with Gasteiger partial charge in [-0.1, -0.05) is 30.3 Å². The van der Waals surface area contributed by atoms with Crippen molar-refractivity contribution in [2.24, 2.45) is 7.05 Å². The fraction of sp³-hybridized carbons (Fsp3) is 0.194. The van der Waals surface area contributed by atoms with Crippen molar-refractivity contribution in [3.8, 4) is 33.8 Å². The highest BCUT2D eigenvalue weighted by Gasteiger charge is 2.29. The smallest absolute Gasteiger partial charge is 0.255 e. The number of amides is 3. The average molecular weight is 630 g/mol. The first-order valence-electron chi connectivity index (χ1n) is 15.2. The second-order valence-electron chi connectivity index (χ2n) is 11.7. The Kier molecular flexibility index (Phi) is 8.70. The van der Waals surface area contributed by atoms with Gasteiger partial charge in [0.15, 0.2) is 0 Å². The van der Waals surface area contributed by atoms with Crippen LogP contribution < -0.4 is 15.8 Å². The maximum atomic E-state index is 13.4. The molecule has 1 saturated heterocycles. The van der Waals surface area contributed by atoms with E-state index in [4.69, 9.17) is 10.5 Å². The summed E-state index contributed by atoms with van der Waals surface area (Å²) in [6.45, 7) is 0.905. The number of hydrogen-bond donors (Lipinski definition) is 2. The van der Waals surface area contributed by atoms with Crippen LogP contribution in [0.1, 0.15) is 37.5 Å². The number of rotatable bonds is 8. The summed E-state index contributed by atoms with van der Waals surface area (Å²) >= 11 is 0. The third-order valence-corrected chi connectivity index (χ3v) is 8.08. The molecule has 3 N–H and O–H groups in total. The molecule has 238 valence electrons.